The maximum Gasteiger partial charge on any atom is 0.337 e. The van der Waals surface area contributed by atoms with Crippen molar-refractivity contribution in [2.45, 2.75) is 25.1 Å². The van der Waals surface area contributed by atoms with Crippen LogP contribution in [0.25, 0.3) is 0 Å². The summed E-state index contributed by atoms with van der Waals surface area (Å²) in [6.45, 7) is 2.65. The van der Waals surface area contributed by atoms with Crippen molar-refractivity contribution in [3.05, 3.63) is 35.4 Å². The van der Waals surface area contributed by atoms with Gasteiger partial charge in [-0.15, -0.1) is 0 Å². The number of nitrogens with zero attached hydrogens (tertiary/aromatic N) is 1. The summed E-state index contributed by atoms with van der Waals surface area (Å²) in [6.07, 6.45) is 0.731. The van der Waals surface area contributed by atoms with Gasteiger partial charge in [0.2, 0.25) is 10.0 Å². The molecule has 7 heteroatoms. The Labute approximate surface area is 132 Å². The molecule has 0 aliphatic carbocycles. The zero-order valence-corrected chi connectivity index (χ0v) is 14.3. The van der Waals surface area contributed by atoms with Crippen molar-refractivity contribution in [1.29, 1.82) is 0 Å². The summed E-state index contributed by atoms with van der Waals surface area (Å²) in [6, 6.07) is 6.31. The molecular weight excluding hydrogens is 304 g/mol. The van der Waals surface area contributed by atoms with Gasteiger partial charge < -0.3 is 9.64 Å². The smallest absolute Gasteiger partial charge is 0.337 e. The number of hydrogen-bond donors (Lipinski definition) is 1. The van der Waals surface area contributed by atoms with Crippen LogP contribution in [-0.4, -0.2) is 53.1 Å². The lowest BCUT2D eigenvalue weighted by Gasteiger charge is -2.17. The minimum absolute atomic E-state index is 0.142. The second-order valence-corrected chi connectivity index (χ2v) is 7.32. The van der Waals surface area contributed by atoms with Crippen molar-refractivity contribution in [2.75, 3.05) is 27.7 Å². The number of carbonyl (C=O) groups excluding carboxylic acids is 1. The van der Waals surface area contributed by atoms with Gasteiger partial charge in [-0.3, -0.25) is 0 Å². The fourth-order valence-corrected chi connectivity index (χ4v) is 3.42. The van der Waals surface area contributed by atoms with Gasteiger partial charge in [0, 0.05) is 6.04 Å². The van der Waals surface area contributed by atoms with Crippen molar-refractivity contribution in [3.8, 4) is 0 Å². The van der Waals surface area contributed by atoms with Gasteiger partial charge in [0.25, 0.3) is 0 Å². The van der Waals surface area contributed by atoms with Crippen LogP contribution in [0.15, 0.2) is 24.3 Å². The van der Waals surface area contributed by atoms with E-state index in [1.54, 1.807) is 18.2 Å². The van der Waals surface area contributed by atoms with Crippen LogP contribution in [-0.2, 0) is 20.5 Å². The second kappa shape index (κ2) is 8.26. The van der Waals surface area contributed by atoms with E-state index in [9.17, 15) is 13.2 Å². The third-order valence-corrected chi connectivity index (χ3v) is 4.57. The van der Waals surface area contributed by atoms with Crippen LogP contribution in [0.4, 0.5) is 0 Å². The summed E-state index contributed by atoms with van der Waals surface area (Å²) in [5.41, 5.74) is 0.895. The van der Waals surface area contributed by atoms with Crippen molar-refractivity contribution >= 4 is 16.0 Å². The molecule has 0 unspecified atom stereocenters. The molecule has 0 heterocycles. The molecule has 0 amide bonds. The van der Waals surface area contributed by atoms with Crippen molar-refractivity contribution < 1.29 is 17.9 Å². The lowest BCUT2D eigenvalue weighted by molar-refractivity contribution is 0.0600. The first-order valence-corrected chi connectivity index (χ1v) is 8.70. The molecule has 1 aromatic rings. The minimum atomic E-state index is -3.45. The fraction of sp³-hybridized carbons (Fsp3) is 0.533. The average Bonchev–Trinajstić information content (AvgIpc) is 2.43. The van der Waals surface area contributed by atoms with Crippen LogP contribution in [0.5, 0.6) is 0 Å². The topological polar surface area (TPSA) is 75.7 Å². The molecular formula is C15H24N2O4S. The first kappa shape index (κ1) is 18.6. The Kier molecular flexibility index (Phi) is 6.99. The van der Waals surface area contributed by atoms with E-state index in [0.717, 1.165) is 13.0 Å². The SMILES string of the molecule is COC(=O)c1cccc(CS(=O)(=O)N[C@@H](C)CCN(C)C)c1. The molecule has 1 N–H and O–H groups in total. The Bertz CT molecular complexity index is 599. The molecule has 0 bridgehead atoms. The van der Waals surface area contributed by atoms with Gasteiger partial charge in [-0.2, -0.15) is 0 Å². The molecule has 0 aliphatic rings. The Hall–Kier alpha value is -1.44. The van der Waals surface area contributed by atoms with Crippen LogP contribution < -0.4 is 4.72 Å². The lowest BCUT2D eigenvalue weighted by atomic mass is 10.1. The van der Waals surface area contributed by atoms with Crippen LogP contribution >= 0.6 is 0 Å². The maximum absolute atomic E-state index is 12.2. The van der Waals surface area contributed by atoms with Gasteiger partial charge in [-0.05, 0) is 51.7 Å². The average molecular weight is 328 g/mol. The van der Waals surface area contributed by atoms with Gasteiger partial charge >= 0.3 is 5.97 Å². The number of carbonyl (C=O) groups is 1. The molecule has 1 atom stereocenters. The summed E-state index contributed by atoms with van der Waals surface area (Å²) in [5, 5.41) is 0. The van der Waals surface area contributed by atoms with E-state index in [-0.39, 0.29) is 11.8 Å². The highest BCUT2D eigenvalue weighted by atomic mass is 32.2. The number of hydrogen-bond acceptors (Lipinski definition) is 5. The van der Waals surface area contributed by atoms with E-state index < -0.39 is 16.0 Å². The van der Waals surface area contributed by atoms with E-state index in [2.05, 4.69) is 9.46 Å². The molecule has 0 saturated heterocycles. The van der Waals surface area contributed by atoms with Gasteiger partial charge in [-0.1, -0.05) is 12.1 Å². The van der Waals surface area contributed by atoms with Crippen LogP contribution in [0.2, 0.25) is 0 Å². The van der Waals surface area contributed by atoms with Crippen LogP contribution in [0.3, 0.4) is 0 Å². The fourth-order valence-electron chi connectivity index (χ4n) is 1.98. The summed E-state index contributed by atoms with van der Waals surface area (Å²) in [7, 11) is 1.73. The molecule has 0 saturated carbocycles. The normalized spacial score (nSPS) is 13.1. The van der Waals surface area contributed by atoms with Crippen LogP contribution in [0, 0.1) is 0 Å². The monoisotopic (exact) mass is 328 g/mol. The van der Waals surface area contributed by atoms with Crippen LogP contribution in [0.1, 0.15) is 29.3 Å². The second-order valence-electron chi connectivity index (χ2n) is 5.56. The number of rotatable bonds is 8. The van der Waals surface area contributed by atoms with Crippen molar-refractivity contribution in [1.82, 2.24) is 9.62 Å². The Balaban J connectivity index is 2.70. The van der Waals surface area contributed by atoms with Crippen molar-refractivity contribution in [2.24, 2.45) is 0 Å². The molecule has 1 rings (SSSR count). The van der Waals surface area contributed by atoms with E-state index in [1.807, 2.05) is 25.9 Å². The molecule has 0 aliphatic heterocycles. The summed E-state index contributed by atoms with van der Waals surface area (Å²) >= 11 is 0. The summed E-state index contributed by atoms with van der Waals surface area (Å²) in [5.74, 6) is -0.643. The zero-order valence-electron chi connectivity index (χ0n) is 13.5. The predicted molar refractivity (Wildman–Crippen MR) is 86.2 cm³/mol. The highest BCUT2D eigenvalue weighted by Gasteiger charge is 2.16. The summed E-state index contributed by atoms with van der Waals surface area (Å²) in [4.78, 5) is 13.5. The third-order valence-electron chi connectivity index (χ3n) is 3.09. The number of ether oxygens (including phenoxy) is 1. The number of nitrogens with one attached hydrogen (secondary N) is 1. The Morgan fingerprint density at radius 1 is 1.36 bits per heavy atom. The quantitative estimate of drug-likeness (QED) is 0.727. The van der Waals surface area contributed by atoms with Crippen molar-refractivity contribution in [3.63, 3.8) is 0 Å². The molecule has 0 fully saturated rings. The standard InChI is InChI=1S/C15H24N2O4S/c1-12(8-9-17(2)3)16-22(19,20)11-13-6-5-7-14(10-13)15(18)21-4/h5-7,10,12,16H,8-9,11H2,1-4H3/t12-/m0/s1. The molecule has 1 aromatic carbocycles. The van der Waals surface area contributed by atoms with Gasteiger partial charge in [0.05, 0.1) is 18.4 Å². The minimum Gasteiger partial charge on any atom is -0.465 e. The van der Waals surface area contributed by atoms with E-state index in [1.165, 1.54) is 13.2 Å². The molecule has 0 radical (unpaired) electrons. The maximum atomic E-state index is 12.2. The highest BCUT2D eigenvalue weighted by Crippen LogP contribution is 2.10. The Morgan fingerprint density at radius 2 is 2.05 bits per heavy atom. The van der Waals surface area contributed by atoms with E-state index >= 15 is 0 Å². The highest BCUT2D eigenvalue weighted by molar-refractivity contribution is 7.88. The van der Waals surface area contributed by atoms with Gasteiger partial charge in [0.1, 0.15) is 0 Å². The lowest BCUT2D eigenvalue weighted by Crippen LogP contribution is -2.35. The first-order chi connectivity index (χ1) is 10.2. The zero-order chi connectivity index (χ0) is 16.8. The molecule has 22 heavy (non-hydrogen) atoms. The number of esters is 1. The molecule has 124 valence electrons. The van der Waals surface area contributed by atoms with E-state index in [0.29, 0.717) is 11.1 Å². The summed E-state index contributed by atoms with van der Waals surface area (Å²) < 4.78 is 31.6. The third kappa shape index (κ3) is 6.55. The first-order valence-electron chi connectivity index (χ1n) is 7.05. The number of sulfonamides is 1. The van der Waals surface area contributed by atoms with Gasteiger partial charge in [-0.25, -0.2) is 17.9 Å². The van der Waals surface area contributed by atoms with Gasteiger partial charge in [0.15, 0.2) is 0 Å². The number of benzene rings is 1. The molecule has 0 aromatic heterocycles. The molecule has 6 nitrogen and oxygen atoms in total. The molecule has 0 spiro atoms. The number of methoxy groups -OCH3 is 1. The van der Waals surface area contributed by atoms with E-state index in [4.69, 9.17) is 0 Å². The Morgan fingerprint density at radius 3 is 2.64 bits per heavy atom. The predicted octanol–water partition coefficient (Wildman–Crippen LogP) is 1.23. The largest absolute Gasteiger partial charge is 0.465 e.